The molecular formula is C13H16BClFNO2. The van der Waals surface area contributed by atoms with Gasteiger partial charge in [0.15, 0.2) is 0 Å². The molecule has 0 aromatic carbocycles. The van der Waals surface area contributed by atoms with Crippen LogP contribution in [0.3, 0.4) is 0 Å². The van der Waals surface area contributed by atoms with Crippen LogP contribution in [0.2, 0.25) is 5.02 Å². The van der Waals surface area contributed by atoms with E-state index < -0.39 is 24.1 Å². The highest BCUT2D eigenvalue weighted by Gasteiger charge is 2.50. The molecule has 1 saturated heterocycles. The van der Waals surface area contributed by atoms with Crippen molar-refractivity contribution >= 4 is 24.8 Å². The van der Waals surface area contributed by atoms with Crippen LogP contribution < -0.4 is 0 Å². The molecule has 1 aromatic heterocycles. The third-order valence-electron chi connectivity index (χ3n) is 3.52. The zero-order valence-corrected chi connectivity index (χ0v) is 12.2. The highest BCUT2D eigenvalue weighted by atomic mass is 35.5. The molecular weight excluding hydrogens is 267 g/mol. The van der Waals surface area contributed by atoms with Gasteiger partial charge >= 0.3 is 7.12 Å². The maximum Gasteiger partial charge on any atom is 0.487 e. The van der Waals surface area contributed by atoms with E-state index in [4.69, 9.17) is 20.9 Å². The largest absolute Gasteiger partial charge is 0.487 e. The minimum atomic E-state index is -0.512. The van der Waals surface area contributed by atoms with E-state index in [-0.39, 0.29) is 10.7 Å². The first-order valence-corrected chi connectivity index (χ1v) is 6.44. The van der Waals surface area contributed by atoms with Crippen LogP contribution in [-0.4, -0.2) is 23.3 Å². The summed E-state index contributed by atoms with van der Waals surface area (Å²) in [6.45, 7) is 7.84. The van der Waals surface area contributed by atoms with E-state index in [1.807, 2.05) is 27.7 Å². The first kappa shape index (κ1) is 14.5. The fourth-order valence-electron chi connectivity index (χ4n) is 1.68. The maximum atomic E-state index is 13.5. The maximum absolute atomic E-state index is 13.5. The van der Waals surface area contributed by atoms with Crippen LogP contribution in [0.4, 0.5) is 4.39 Å². The summed E-state index contributed by atoms with van der Waals surface area (Å²) in [6, 6.07) is 1.22. The third-order valence-corrected chi connectivity index (χ3v) is 3.73. The Morgan fingerprint density at radius 2 is 1.84 bits per heavy atom. The molecule has 1 aliphatic rings. The van der Waals surface area contributed by atoms with Crippen LogP contribution in [0, 0.1) is 5.82 Å². The molecule has 102 valence electrons. The summed E-state index contributed by atoms with van der Waals surface area (Å²) in [7, 11) is -0.512. The summed E-state index contributed by atoms with van der Waals surface area (Å²) in [5, 5.41) is 0.269. The summed E-state index contributed by atoms with van der Waals surface area (Å²) in [5.74, 6) is 1.18. The van der Waals surface area contributed by atoms with Gasteiger partial charge in [-0.15, -0.1) is 0 Å². The minimum absolute atomic E-state index is 0.208. The van der Waals surface area contributed by atoms with Gasteiger partial charge in [-0.2, -0.15) is 0 Å². The van der Waals surface area contributed by atoms with Crippen molar-refractivity contribution in [1.82, 2.24) is 4.98 Å². The lowest BCUT2D eigenvalue weighted by molar-refractivity contribution is 0.00578. The van der Waals surface area contributed by atoms with Crippen molar-refractivity contribution in [3.8, 4) is 0 Å². The SMILES string of the molecule is CC1(C)OB(/C=C/c2ncc(Cl)cc2F)OC1(C)C. The smallest absolute Gasteiger partial charge is 0.400 e. The Hall–Kier alpha value is -0.905. The molecule has 0 amide bonds. The van der Waals surface area contributed by atoms with Crippen LogP contribution in [0.25, 0.3) is 6.08 Å². The molecule has 0 aliphatic carbocycles. The molecule has 6 heteroatoms. The van der Waals surface area contributed by atoms with Crippen LogP contribution in [0.1, 0.15) is 33.4 Å². The fourth-order valence-corrected chi connectivity index (χ4v) is 1.83. The minimum Gasteiger partial charge on any atom is -0.400 e. The van der Waals surface area contributed by atoms with Gasteiger partial charge < -0.3 is 9.31 Å². The van der Waals surface area contributed by atoms with Gasteiger partial charge in [0.2, 0.25) is 0 Å². The van der Waals surface area contributed by atoms with Gasteiger partial charge in [-0.3, -0.25) is 4.98 Å². The van der Waals surface area contributed by atoms with Gasteiger partial charge in [0.1, 0.15) is 5.82 Å². The normalized spacial score (nSPS) is 21.3. The molecule has 0 radical (unpaired) electrons. The van der Waals surface area contributed by atoms with E-state index in [2.05, 4.69) is 4.98 Å². The number of halogens is 2. The van der Waals surface area contributed by atoms with Crippen molar-refractivity contribution in [1.29, 1.82) is 0 Å². The molecule has 2 heterocycles. The lowest BCUT2D eigenvalue weighted by atomic mass is 9.89. The quantitative estimate of drug-likeness (QED) is 0.778. The zero-order valence-electron chi connectivity index (χ0n) is 11.4. The van der Waals surface area contributed by atoms with Crippen molar-refractivity contribution in [2.45, 2.75) is 38.9 Å². The third kappa shape index (κ3) is 2.99. The molecule has 0 saturated carbocycles. The molecule has 1 fully saturated rings. The van der Waals surface area contributed by atoms with E-state index in [0.29, 0.717) is 0 Å². The molecule has 0 N–H and O–H groups in total. The molecule has 1 aliphatic heterocycles. The van der Waals surface area contributed by atoms with E-state index in [1.165, 1.54) is 18.3 Å². The van der Waals surface area contributed by atoms with Gasteiger partial charge in [-0.25, -0.2) is 4.39 Å². The molecule has 0 unspecified atom stereocenters. The fraction of sp³-hybridized carbons (Fsp3) is 0.462. The van der Waals surface area contributed by atoms with E-state index >= 15 is 0 Å². The lowest BCUT2D eigenvalue weighted by Crippen LogP contribution is -2.41. The van der Waals surface area contributed by atoms with Crippen molar-refractivity contribution in [2.24, 2.45) is 0 Å². The number of nitrogens with zero attached hydrogens (tertiary/aromatic N) is 1. The summed E-state index contributed by atoms with van der Waals surface area (Å²) in [5.41, 5.74) is -0.610. The molecule has 1 aromatic rings. The Kier molecular flexibility index (Phi) is 3.73. The second-order valence-corrected chi connectivity index (χ2v) is 5.94. The number of hydrogen-bond acceptors (Lipinski definition) is 3. The predicted molar refractivity (Wildman–Crippen MR) is 74.3 cm³/mol. The average molecular weight is 284 g/mol. The number of rotatable bonds is 2. The highest BCUT2D eigenvalue weighted by molar-refractivity contribution is 6.52. The topological polar surface area (TPSA) is 31.4 Å². The Balaban J connectivity index is 2.13. The molecule has 0 spiro atoms. The van der Waals surface area contributed by atoms with Gasteiger partial charge in [-0.1, -0.05) is 17.6 Å². The molecule has 3 nitrogen and oxygen atoms in total. The van der Waals surface area contributed by atoms with E-state index in [0.717, 1.165) is 0 Å². The first-order chi connectivity index (χ1) is 8.71. The molecule has 2 rings (SSSR count). The Bertz CT molecular complexity index is 503. The highest BCUT2D eigenvalue weighted by Crippen LogP contribution is 2.37. The van der Waals surface area contributed by atoms with Crippen molar-refractivity contribution in [2.75, 3.05) is 0 Å². The summed E-state index contributed by atoms with van der Waals surface area (Å²) in [4.78, 5) is 3.91. The summed E-state index contributed by atoms with van der Waals surface area (Å²) < 4.78 is 25.1. The van der Waals surface area contributed by atoms with Crippen molar-refractivity contribution in [3.63, 3.8) is 0 Å². The van der Waals surface area contributed by atoms with E-state index in [1.54, 1.807) is 5.98 Å². The Morgan fingerprint density at radius 3 is 2.37 bits per heavy atom. The number of hydrogen-bond donors (Lipinski definition) is 0. The van der Waals surface area contributed by atoms with Gasteiger partial charge in [0.25, 0.3) is 0 Å². The second-order valence-electron chi connectivity index (χ2n) is 5.50. The lowest BCUT2D eigenvalue weighted by Gasteiger charge is -2.32. The van der Waals surface area contributed by atoms with Crippen LogP contribution >= 0.6 is 11.6 Å². The summed E-state index contributed by atoms with van der Waals surface area (Å²) in [6.07, 6.45) is 2.93. The second kappa shape index (κ2) is 4.89. The number of pyridine rings is 1. The van der Waals surface area contributed by atoms with Gasteiger partial charge in [0.05, 0.1) is 21.9 Å². The average Bonchev–Trinajstić information content (AvgIpc) is 2.46. The van der Waals surface area contributed by atoms with Crippen LogP contribution in [0.5, 0.6) is 0 Å². The molecule has 0 bridgehead atoms. The zero-order chi connectivity index (χ0) is 14.3. The number of aromatic nitrogens is 1. The van der Waals surface area contributed by atoms with Gasteiger partial charge in [-0.05, 0) is 39.8 Å². The Labute approximate surface area is 117 Å². The van der Waals surface area contributed by atoms with Crippen molar-refractivity contribution in [3.05, 3.63) is 34.8 Å². The first-order valence-electron chi connectivity index (χ1n) is 6.06. The summed E-state index contributed by atoms with van der Waals surface area (Å²) >= 11 is 5.64. The predicted octanol–water partition coefficient (Wildman–Crippen LogP) is 3.52. The molecule has 19 heavy (non-hydrogen) atoms. The molecule has 0 atom stereocenters. The monoisotopic (exact) mass is 283 g/mol. The van der Waals surface area contributed by atoms with Crippen molar-refractivity contribution < 1.29 is 13.7 Å². The van der Waals surface area contributed by atoms with E-state index in [9.17, 15) is 4.39 Å². The van der Waals surface area contributed by atoms with Gasteiger partial charge in [0, 0.05) is 6.20 Å². The Morgan fingerprint density at radius 1 is 1.26 bits per heavy atom. The van der Waals surface area contributed by atoms with Crippen LogP contribution in [0.15, 0.2) is 18.2 Å². The van der Waals surface area contributed by atoms with Crippen LogP contribution in [-0.2, 0) is 9.31 Å². The standard InChI is InChI=1S/C13H16BClFNO2/c1-12(2)13(3,4)19-14(18-12)6-5-11-10(16)7-9(15)8-17-11/h5-8H,1-4H3/b6-5+.